The highest BCUT2D eigenvalue weighted by molar-refractivity contribution is 5.83. The quantitative estimate of drug-likeness (QED) is 0.692. The van der Waals surface area contributed by atoms with E-state index in [9.17, 15) is 0 Å². The van der Waals surface area contributed by atoms with Crippen molar-refractivity contribution in [3.05, 3.63) is 30.1 Å². The summed E-state index contributed by atoms with van der Waals surface area (Å²) in [5.74, 6) is 3.24. The second-order valence-corrected chi connectivity index (χ2v) is 6.68. The first-order valence-corrected chi connectivity index (χ1v) is 7.99. The summed E-state index contributed by atoms with van der Waals surface area (Å²) < 4.78 is 2.13. The number of para-hydroxylation sites is 2. The van der Waals surface area contributed by atoms with Gasteiger partial charge in [-0.2, -0.15) is 0 Å². The lowest BCUT2D eigenvalue weighted by molar-refractivity contribution is 0.356. The molecular weight excluding hydrogens is 274 g/mol. The molecule has 2 aromatic heterocycles. The SMILES string of the molecule is Cc1nnc2c(N3CC(C)CC(C)C3)nc3ccccc3n12. The van der Waals surface area contributed by atoms with Gasteiger partial charge in [-0.15, -0.1) is 10.2 Å². The fourth-order valence-electron chi connectivity index (χ4n) is 3.76. The van der Waals surface area contributed by atoms with E-state index in [2.05, 4.69) is 45.5 Å². The molecule has 3 heterocycles. The first-order valence-electron chi connectivity index (χ1n) is 7.99. The summed E-state index contributed by atoms with van der Waals surface area (Å²) in [6, 6.07) is 8.21. The Balaban J connectivity index is 1.96. The van der Waals surface area contributed by atoms with E-state index in [1.165, 1.54) is 6.42 Å². The Bertz CT molecular complexity index is 828. The van der Waals surface area contributed by atoms with Gasteiger partial charge in [0.15, 0.2) is 5.82 Å². The number of hydrogen-bond acceptors (Lipinski definition) is 4. The molecular formula is C17H21N5. The van der Waals surface area contributed by atoms with Gasteiger partial charge in [0.1, 0.15) is 5.82 Å². The molecule has 5 nitrogen and oxygen atoms in total. The summed E-state index contributed by atoms with van der Waals surface area (Å²) >= 11 is 0. The smallest absolute Gasteiger partial charge is 0.204 e. The Kier molecular flexibility index (Phi) is 3.03. The molecule has 0 bridgehead atoms. The third-order valence-corrected chi connectivity index (χ3v) is 4.54. The average Bonchev–Trinajstić information content (AvgIpc) is 2.88. The van der Waals surface area contributed by atoms with Crippen molar-refractivity contribution < 1.29 is 0 Å². The van der Waals surface area contributed by atoms with Gasteiger partial charge in [-0.1, -0.05) is 26.0 Å². The topological polar surface area (TPSA) is 46.3 Å². The highest BCUT2D eigenvalue weighted by Crippen LogP contribution is 2.29. The summed E-state index contributed by atoms with van der Waals surface area (Å²) in [5, 5.41) is 8.69. The van der Waals surface area contributed by atoms with Gasteiger partial charge < -0.3 is 4.90 Å². The van der Waals surface area contributed by atoms with Gasteiger partial charge in [0, 0.05) is 13.1 Å². The van der Waals surface area contributed by atoms with Crippen molar-refractivity contribution in [3.8, 4) is 0 Å². The van der Waals surface area contributed by atoms with Crippen molar-refractivity contribution in [1.29, 1.82) is 0 Å². The van der Waals surface area contributed by atoms with E-state index < -0.39 is 0 Å². The molecule has 1 saturated heterocycles. The van der Waals surface area contributed by atoms with Gasteiger partial charge in [-0.25, -0.2) is 4.98 Å². The van der Waals surface area contributed by atoms with Crippen molar-refractivity contribution in [1.82, 2.24) is 19.6 Å². The molecule has 2 unspecified atom stereocenters. The normalized spacial score (nSPS) is 22.6. The molecule has 1 aromatic carbocycles. The van der Waals surface area contributed by atoms with Crippen LogP contribution in [0.25, 0.3) is 16.7 Å². The van der Waals surface area contributed by atoms with E-state index in [-0.39, 0.29) is 0 Å². The van der Waals surface area contributed by atoms with Crippen LogP contribution in [0.1, 0.15) is 26.1 Å². The fraction of sp³-hybridized carbons (Fsp3) is 0.471. The van der Waals surface area contributed by atoms with Crippen LogP contribution in [0.3, 0.4) is 0 Å². The van der Waals surface area contributed by atoms with Gasteiger partial charge in [-0.3, -0.25) is 4.40 Å². The van der Waals surface area contributed by atoms with E-state index in [4.69, 9.17) is 4.98 Å². The predicted octanol–water partition coefficient (Wildman–Crippen LogP) is 3.07. The van der Waals surface area contributed by atoms with E-state index >= 15 is 0 Å². The summed E-state index contributed by atoms with van der Waals surface area (Å²) in [6.07, 6.45) is 1.28. The molecule has 0 saturated carbocycles. The van der Waals surface area contributed by atoms with Gasteiger partial charge >= 0.3 is 0 Å². The van der Waals surface area contributed by atoms with Crippen LogP contribution < -0.4 is 4.90 Å². The van der Waals surface area contributed by atoms with Gasteiger partial charge in [0.25, 0.3) is 0 Å². The summed E-state index contributed by atoms with van der Waals surface area (Å²) in [5.41, 5.74) is 2.94. The molecule has 0 N–H and O–H groups in total. The van der Waals surface area contributed by atoms with E-state index in [0.717, 1.165) is 41.4 Å². The van der Waals surface area contributed by atoms with Crippen LogP contribution in [-0.2, 0) is 0 Å². The lowest BCUT2D eigenvalue weighted by Gasteiger charge is -2.35. The monoisotopic (exact) mass is 295 g/mol. The van der Waals surface area contributed by atoms with Crippen molar-refractivity contribution >= 4 is 22.5 Å². The third kappa shape index (κ3) is 2.03. The minimum Gasteiger partial charge on any atom is -0.353 e. The number of rotatable bonds is 1. The molecule has 22 heavy (non-hydrogen) atoms. The number of anilines is 1. The second-order valence-electron chi connectivity index (χ2n) is 6.68. The number of aromatic nitrogens is 4. The Morgan fingerprint density at radius 1 is 1.05 bits per heavy atom. The zero-order valence-electron chi connectivity index (χ0n) is 13.3. The summed E-state index contributed by atoms with van der Waals surface area (Å²) in [6.45, 7) is 8.71. The molecule has 1 aliphatic rings. The lowest BCUT2D eigenvalue weighted by Crippen LogP contribution is -2.39. The second kappa shape index (κ2) is 4.93. The first kappa shape index (κ1) is 13.5. The highest BCUT2D eigenvalue weighted by atomic mass is 15.3. The van der Waals surface area contributed by atoms with E-state index in [0.29, 0.717) is 11.8 Å². The number of nitrogens with zero attached hydrogens (tertiary/aromatic N) is 5. The van der Waals surface area contributed by atoms with Crippen molar-refractivity contribution in [2.75, 3.05) is 18.0 Å². The van der Waals surface area contributed by atoms with E-state index in [1.807, 2.05) is 19.1 Å². The molecule has 4 rings (SSSR count). The molecule has 1 fully saturated rings. The molecule has 2 atom stereocenters. The van der Waals surface area contributed by atoms with Crippen molar-refractivity contribution in [3.63, 3.8) is 0 Å². The molecule has 0 radical (unpaired) electrons. The Morgan fingerprint density at radius 2 is 1.77 bits per heavy atom. The Morgan fingerprint density at radius 3 is 2.55 bits per heavy atom. The van der Waals surface area contributed by atoms with Crippen LogP contribution in [0.4, 0.5) is 5.82 Å². The van der Waals surface area contributed by atoms with Crippen molar-refractivity contribution in [2.24, 2.45) is 11.8 Å². The maximum atomic E-state index is 4.91. The zero-order valence-corrected chi connectivity index (χ0v) is 13.3. The maximum Gasteiger partial charge on any atom is 0.204 e. The number of aryl methyl sites for hydroxylation is 1. The number of piperidine rings is 1. The number of fused-ring (bicyclic) bond motifs is 3. The molecule has 5 heteroatoms. The predicted molar refractivity (Wildman–Crippen MR) is 88.2 cm³/mol. The summed E-state index contributed by atoms with van der Waals surface area (Å²) in [7, 11) is 0. The standard InChI is InChI=1S/C17H21N5/c1-11-8-12(2)10-21(9-11)16-17-20-19-13(3)22(17)15-7-5-4-6-14(15)18-16/h4-7,11-12H,8-10H2,1-3H3. The minimum atomic E-state index is 0.682. The van der Waals surface area contributed by atoms with Gasteiger partial charge in [0.05, 0.1) is 11.0 Å². The van der Waals surface area contributed by atoms with Gasteiger partial charge in [0.2, 0.25) is 5.65 Å². The zero-order chi connectivity index (χ0) is 15.3. The van der Waals surface area contributed by atoms with Crippen LogP contribution in [0.5, 0.6) is 0 Å². The van der Waals surface area contributed by atoms with Crippen molar-refractivity contribution in [2.45, 2.75) is 27.2 Å². The third-order valence-electron chi connectivity index (χ3n) is 4.54. The molecule has 1 aliphatic heterocycles. The molecule has 0 spiro atoms. The largest absolute Gasteiger partial charge is 0.353 e. The van der Waals surface area contributed by atoms with Crippen LogP contribution in [-0.4, -0.2) is 32.7 Å². The Labute approximate surface area is 130 Å². The Hall–Kier alpha value is -2.17. The van der Waals surface area contributed by atoms with Crippen LogP contribution in [0, 0.1) is 18.8 Å². The number of hydrogen-bond donors (Lipinski definition) is 0. The van der Waals surface area contributed by atoms with Crippen LogP contribution >= 0.6 is 0 Å². The summed E-state index contributed by atoms with van der Waals surface area (Å²) in [4.78, 5) is 7.30. The van der Waals surface area contributed by atoms with Crippen LogP contribution in [0.15, 0.2) is 24.3 Å². The molecule has 0 aliphatic carbocycles. The number of benzene rings is 1. The molecule has 0 amide bonds. The minimum absolute atomic E-state index is 0.682. The van der Waals surface area contributed by atoms with Crippen LogP contribution in [0.2, 0.25) is 0 Å². The van der Waals surface area contributed by atoms with E-state index in [1.54, 1.807) is 0 Å². The fourth-order valence-corrected chi connectivity index (χ4v) is 3.76. The molecule has 114 valence electrons. The lowest BCUT2D eigenvalue weighted by atomic mass is 9.92. The van der Waals surface area contributed by atoms with Gasteiger partial charge in [-0.05, 0) is 37.3 Å². The maximum absolute atomic E-state index is 4.91. The highest BCUT2D eigenvalue weighted by Gasteiger charge is 2.26. The molecule has 3 aromatic rings. The first-order chi connectivity index (χ1) is 10.6. The average molecular weight is 295 g/mol.